The van der Waals surface area contributed by atoms with Gasteiger partial charge in [0.25, 0.3) is 0 Å². The van der Waals surface area contributed by atoms with Crippen LogP contribution in [0.5, 0.6) is 5.75 Å². The molecule has 0 bridgehead atoms. The van der Waals surface area contributed by atoms with Crippen molar-refractivity contribution in [2.45, 2.75) is 31.3 Å². The summed E-state index contributed by atoms with van der Waals surface area (Å²) >= 11 is 0. The first-order chi connectivity index (χ1) is 19.9. The minimum Gasteiger partial charge on any atom is -0.490 e. The maximum absolute atomic E-state index is 13.2. The van der Waals surface area contributed by atoms with Crippen LogP contribution < -0.4 is 4.74 Å². The van der Waals surface area contributed by atoms with Crippen LogP contribution in [0.3, 0.4) is 0 Å². The van der Waals surface area contributed by atoms with Gasteiger partial charge in [-0.2, -0.15) is 26.3 Å². The first kappa shape index (κ1) is 27.2. The van der Waals surface area contributed by atoms with Gasteiger partial charge in [-0.15, -0.1) is 0 Å². The summed E-state index contributed by atoms with van der Waals surface area (Å²) in [7, 11) is 0. The summed E-state index contributed by atoms with van der Waals surface area (Å²) in [6.45, 7) is 0. The summed E-state index contributed by atoms with van der Waals surface area (Å²) in [5.74, 6) is -0.703. The Bertz CT molecular complexity index is 1790. The fourth-order valence-electron chi connectivity index (χ4n) is 4.43. The van der Waals surface area contributed by atoms with Gasteiger partial charge in [0.15, 0.2) is 0 Å². The van der Waals surface area contributed by atoms with Crippen LogP contribution in [0.1, 0.15) is 34.5 Å². The van der Waals surface area contributed by atoms with Crippen LogP contribution in [-0.2, 0) is 12.4 Å². The summed E-state index contributed by atoms with van der Waals surface area (Å²) in [4.78, 5) is 24.6. The normalized spacial score (nSPS) is 13.9. The van der Waals surface area contributed by atoms with Crippen LogP contribution in [0.15, 0.2) is 73.1 Å². The van der Waals surface area contributed by atoms with Crippen molar-refractivity contribution < 1.29 is 41.0 Å². The Kier molecular flexibility index (Phi) is 6.39. The molecule has 4 aromatic heterocycles. The number of carboxylic acids is 1. The molecule has 0 amide bonds. The van der Waals surface area contributed by atoms with Crippen molar-refractivity contribution in [1.82, 2.24) is 19.5 Å². The lowest BCUT2D eigenvalue weighted by atomic mass is 10.1. The number of nitrogens with zero attached hydrogens (tertiary/aromatic N) is 4. The molecule has 42 heavy (non-hydrogen) atoms. The number of fused-ring (bicyclic) bond motifs is 1. The van der Waals surface area contributed by atoms with E-state index in [1.807, 2.05) is 0 Å². The molecule has 5 aromatic rings. The molecule has 0 radical (unpaired) electrons. The lowest BCUT2D eigenvalue weighted by Crippen LogP contribution is -2.07. The molecule has 0 saturated heterocycles. The van der Waals surface area contributed by atoms with E-state index >= 15 is 0 Å². The molecule has 0 atom stereocenters. The third-order valence-electron chi connectivity index (χ3n) is 6.63. The zero-order valence-corrected chi connectivity index (χ0v) is 21.2. The minimum atomic E-state index is -4.64. The number of alkyl halides is 6. The van der Waals surface area contributed by atoms with E-state index in [4.69, 9.17) is 4.74 Å². The molecule has 1 saturated carbocycles. The molecule has 0 aliphatic heterocycles. The van der Waals surface area contributed by atoms with Crippen LogP contribution >= 0.6 is 0 Å². The minimum absolute atomic E-state index is 0.0102. The molecule has 1 aromatic carbocycles. The molecular weight excluding hydrogens is 566 g/mol. The third kappa shape index (κ3) is 5.24. The summed E-state index contributed by atoms with van der Waals surface area (Å²) in [6.07, 6.45) is -5.98. The van der Waals surface area contributed by atoms with Crippen LogP contribution in [-0.4, -0.2) is 36.7 Å². The zero-order valence-electron chi connectivity index (χ0n) is 21.2. The summed E-state index contributed by atoms with van der Waals surface area (Å²) in [5, 5.41) is 10.3. The number of rotatable bonds is 6. The van der Waals surface area contributed by atoms with Crippen molar-refractivity contribution in [3.05, 3.63) is 89.9 Å². The second-order valence-corrected chi connectivity index (χ2v) is 9.63. The van der Waals surface area contributed by atoms with E-state index < -0.39 is 29.4 Å². The van der Waals surface area contributed by atoms with Gasteiger partial charge in [0.05, 0.1) is 45.5 Å². The van der Waals surface area contributed by atoms with Gasteiger partial charge in [-0.25, -0.2) is 9.78 Å². The Morgan fingerprint density at radius 1 is 0.810 bits per heavy atom. The molecule has 7 nitrogen and oxygen atoms in total. The average molecular weight is 584 g/mol. The second-order valence-electron chi connectivity index (χ2n) is 9.63. The molecular formula is C29H18F6N4O3. The molecule has 1 fully saturated rings. The molecule has 4 heterocycles. The lowest BCUT2D eigenvalue weighted by Gasteiger charge is -2.13. The van der Waals surface area contributed by atoms with E-state index in [2.05, 4.69) is 15.0 Å². The Hall–Kier alpha value is -4.94. The molecule has 214 valence electrons. The van der Waals surface area contributed by atoms with Gasteiger partial charge in [0.1, 0.15) is 11.4 Å². The van der Waals surface area contributed by atoms with Crippen molar-refractivity contribution in [2.24, 2.45) is 0 Å². The van der Waals surface area contributed by atoms with Crippen LogP contribution in [0.2, 0.25) is 0 Å². The highest BCUT2D eigenvalue weighted by molar-refractivity contribution is 6.02. The molecule has 1 aliphatic carbocycles. The largest absolute Gasteiger partial charge is 0.490 e. The SMILES string of the molecule is O=C(O)c1cc2c(-c3ccc(C(F)(F)F)cn3)nc(-c3ccc(C(F)(F)F)cn3)cc2n1-c1ccc(OC2CC2)cc1. The maximum atomic E-state index is 13.2. The zero-order chi connectivity index (χ0) is 29.8. The number of halogens is 6. The number of benzene rings is 1. The molecule has 6 rings (SSSR count). The summed E-state index contributed by atoms with van der Waals surface area (Å²) < 4.78 is 86.2. The number of hydrogen-bond acceptors (Lipinski definition) is 5. The molecule has 13 heteroatoms. The topological polar surface area (TPSA) is 90.1 Å². The van der Waals surface area contributed by atoms with Crippen molar-refractivity contribution in [2.75, 3.05) is 0 Å². The van der Waals surface area contributed by atoms with E-state index in [1.54, 1.807) is 24.3 Å². The fraction of sp³-hybridized carbons (Fsp3) is 0.172. The number of ether oxygens (including phenoxy) is 1. The Balaban J connectivity index is 1.56. The first-order valence-electron chi connectivity index (χ1n) is 12.5. The monoisotopic (exact) mass is 584 g/mol. The third-order valence-corrected chi connectivity index (χ3v) is 6.63. The molecule has 1 N–H and O–H groups in total. The average Bonchev–Trinajstić information content (AvgIpc) is 3.68. The van der Waals surface area contributed by atoms with E-state index in [-0.39, 0.29) is 45.5 Å². The predicted octanol–water partition coefficient (Wildman–Crippen LogP) is 7.43. The van der Waals surface area contributed by atoms with Gasteiger partial charge < -0.3 is 14.4 Å². The van der Waals surface area contributed by atoms with E-state index in [0.29, 0.717) is 23.8 Å². The van der Waals surface area contributed by atoms with Gasteiger partial charge in [-0.3, -0.25) is 9.97 Å². The molecule has 1 aliphatic rings. The van der Waals surface area contributed by atoms with Crippen molar-refractivity contribution >= 4 is 16.9 Å². The summed E-state index contributed by atoms with van der Waals surface area (Å²) in [6, 6.07) is 13.3. The number of carbonyl (C=O) groups is 1. The van der Waals surface area contributed by atoms with Gasteiger partial charge >= 0.3 is 18.3 Å². The van der Waals surface area contributed by atoms with Crippen molar-refractivity contribution in [1.29, 1.82) is 0 Å². The summed E-state index contributed by atoms with van der Waals surface area (Å²) in [5.41, 5.74) is -1.39. The van der Waals surface area contributed by atoms with Gasteiger partial charge in [-0.1, -0.05) is 0 Å². The maximum Gasteiger partial charge on any atom is 0.417 e. The Morgan fingerprint density at radius 2 is 1.40 bits per heavy atom. The van der Waals surface area contributed by atoms with Crippen LogP contribution in [0.4, 0.5) is 26.3 Å². The predicted molar refractivity (Wildman–Crippen MR) is 138 cm³/mol. The second kappa shape index (κ2) is 9.86. The number of aromatic nitrogens is 4. The van der Waals surface area contributed by atoms with E-state index in [1.165, 1.54) is 16.7 Å². The van der Waals surface area contributed by atoms with Crippen LogP contribution in [0, 0.1) is 0 Å². The molecule has 0 spiro atoms. The first-order valence-corrected chi connectivity index (χ1v) is 12.5. The highest BCUT2D eigenvalue weighted by Crippen LogP contribution is 2.37. The van der Waals surface area contributed by atoms with Crippen molar-refractivity contribution in [3.8, 4) is 34.2 Å². The fourth-order valence-corrected chi connectivity index (χ4v) is 4.43. The van der Waals surface area contributed by atoms with Gasteiger partial charge in [0, 0.05) is 23.5 Å². The standard InChI is InChI=1S/C29H18F6N4O3/c30-28(31,32)15-1-9-21(36-13-15)23-12-24-20(26(38-23)22-10-2-16(14-37-22)29(33,34)35)11-25(27(40)41)39(24)17-3-5-18(6-4-17)42-19-7-8-19/h1-6,9-14,19H,7-8H2,(H,40,41). The Morgan fingerprint density at radius 3 is 1.90 bits per heavy atom. The van der Waals surface area contributed by atoms with Crippen molar-refractivity contribution in [3.63, 3.8) is 0 Å². The smallest absolute Gasteiger partial charge is 0.417 e. The van der Waals surface area contributed by atoms with Gasteiger partial charge in [-0.05, 0) is 73.5 Å². The van der Waals surface area contributed by atoms with Crippen LogP contribution in [0.25, 0.3) is 39.4 Å². The Labute approximate surface area is 233 Å². The highest BCUT2D eigenvalue weighted by Gasteiger charge is 2.32. The number of hydrogen-bond donors (Lipinski definition) is 1. The number of aromatic carboxylic acids is 1. The number of carboxylic acid groups (broad SMARTS) is 1. The quantitative estimate of drug-likeness (QED) is 0.209. The molecule has 0 unspecified atom stereocenters. The number of pyridine rings is 3. The van der Waals surface area contributed by atoms with E-state index in [0.717, 1.165) is 37.1 Å². The lowest BCUT2D eigenvalue weighted by molar-refractivity contribution is -0.138. The van der Waals surface area contributed by atoms with Gasteiger partial charge in [0.2, 0.25) is 0 Å². The van der Waals surface area contributed by atoms with E-state index in [9.17, 15) is 36.2 Å². The highest BCUT2D eigenvalue weighted by atomic mass is 19.4.